The maximum atomic E-state index is 13.0. The zero-order chi connectivity index (χ0) is 15.0. The Morgan fingerprint density at radius 3 is 2.62 bits per heavy atom. The standard InChI is InChI=1S/C14H17FN2O3S/c15-11-5-3-10(4-6-11)14-16-8-13(18)17(14)12-2-1-7-21(19,20)9-12/h3-6,12,14,16H,1-2,7-9H2. The van der Waals surface area contributed by atoms with Gasteiger partial charge in [0.15, 0.2) is 9.84 Å². The van der Waals surface area contributed by atoms with Crippen LogP contribution >= 0.6 is 0 Å². The van der Waals surface area contributed by atoms with Crippen LogP contribution in [0.25, 0.3) is 0 Å². The molecule has 1 aromatic carbocycles. The second kappa shape index (κ2) is 5.38. The predicted molar refractivity (Wildman–Crippen MR) is 75.7 cm³/mol. The number of halogens is 1. The number of sulfone groups is 1. The van der Waals surface area contributed by atoms with Gasteiger partial charge in [-0.3, -0.25) is 10.1 Å². The van der Waals surface area contributed by atoms with Crippen LogP contribution in [-0.2, 0) is 14.6 Å². The Kier molecular flexibility index (Phi) is 3.71. The summed E-state index contributed by atoms with van der Waals surface area (Å²) < 4.78 is 36.6. The molecule has 5 nitrogen and oxygen atoms in total. The SMILES string of the molecule is O=C1CNC(c2ccc(F)cc2)N1C1CCCS(=O)(=O)C1. The van der Waals surface area contributed by atoms with Gasteiger partial charge in [0.25, 0.3) is 0 Å². The molecule has 1 amide bonds. The van der Waals surface area contributed by atoms with Crippen molar-refractivity contribution in [2.24, 2.45) is 0 Å². The van der Waals surface area contributed by atoms with E-state index in [1.165, 1.54) is 12.1 Å². The summed E-state index contributed by atoms with van der Waals surface area (Å²) in [7, 11) is -3.09. The minimum atomic E-state index is -3.09. The third kappa shape index (κ3) is 2.94. The summed E-state index contributed by atoms with van der Waals surface area (Å²) in [5.41, 5.74) is 0.769. The summed E-state index contributed by atoms with van der Waals surface area (Å²) in [6.07, 6.45) is 0.883. The van der Waals surface area contributed by atoms with Gasteiger partial charge in [0.2, 0.25) is 5.91 Å². The van der Waals surface area contributed by atoms with E-state index in [2.05, 4.69) is 5.32 Å². The van der Waals surface area contributed by atoms with E-state index < -0.39 is 9.84 Å². The Hall–Kier alpha value is -1.47. The molecule has 0 aromatic heterocycles. The van der Waals surface area contributed by atoms with Crippen molar-refractivity contribution in [1.82, 2.24) is 10.2 Å². The van der Waals surface area contributed by atoms with E-state index in [1.807, 2.05) is 0 Å². The predicted octanol–water partition coefficient (Wildman–Crippen LogP) is 0.833. The van der Waals surface area contributed by atoms with Crippen LogP contribution in [-0.4, -0.2) is 43.3 Å². The minimum Gasteiger partial charge on any atom is -0.318 e. The number of nitrogens with one attached hydrogen (secondary N) is 1. The molecule has 21 heavy (non-hydrogen) atoms. The molecular weight excluding hydrogens is 295 g/mol. The van der Waals surface area contributed by atoms with Crippen molar-refractivity contribution in [3.8, 4) is 0 Å². The molecule has 2 aliphatic rings. The normalized spacial score (nSPS) is 28.8. The molecular formula is C14H17FN2O3S. The van der Waals surface area contributed by atoms with Gasteiger partial charge in [0, 0.05) is 6.04 Å². The molecule has 1 N–H and O–H groups in total. The second-order valence-electron chi connectivity index (χ2n) is 5.55. The highest BCUT2D eigenvalue weighted by Crippen LogP contribution is 2.29. The van der Waals surface area contributed by atoms with E-state index in [0.717, 1.165) is 5.56 Å². The molecule has 0 aliphatic carbocycles. The highest BCUT2D eigenvalue weighted by molar-refractivity contribution is 7.91. The van der Waals surface area contributed by atoms with Gasteiger partial charge < -0.3 is 4.90 Å². The Labute approximate surface area is 123 Å². The molecule has 1 aromatic rings. The van der Waals surface area contributed by atoms with Crippen LogP contribution in [0.15, 0.2) is 24.3 Å². The number of hydrogen-bond acceptors (Lipinski definition) is 4. The smallest absolute Gasteiger partial charge is 0.238 e. The average Bonchev–Trinajstić information content (AvgIpc) is 2.80. The van der Waals surface area contributed by atoms with Crippen LogP contribution in [0.3, 0.4) is 0 Å². The van der Waals surface area contributed by atoms with Gasteiger partial charge in [-0.25, -0.2) is 12.8 Å². The molecule has 3 rings (SSSR count). The maximum Gasteiger partial charge on any atom is 0.238 e. The quantitative estimate of drug-likeness (QED) is 0.878. The third-order valence-corrected chi connectivity index (χ3v) is 5.83. The molecule has 0 radical (unpaired) electrons. The first kappa shape index (κ1) is 14.5. The van der Waals surface area contributed by atoms with Crippen LogP contribution in [0.2, 0.25) is 0 Å². The molecule has 2 unspecified atom stereocenters. The van der Waals surface area contributed by atoms with Crippen molar-refractivity contribution >= 4 is 15.7 Å². The Balaban J connectivity index is 1.87. The summed E-state index contributed by atoms with van der Waals surface area (Å²) in [5.74, 6) is -0.237. The van der Waals surface area contributed by atoms with E-state index in [4.69, 9.17) is 0 Å². The maximum absolute atomic E-state index is 13.0. The van der Waals surface area contributed by atoms with Gasteiger partial charge in [-0.05, 0) is 30.5 Å². The second-order valence-corrected chi connectivity index (χ2v) is 7.78. The van der Waals surface area contributed by atoms with Crippen LogP contribution < -0.4 is 5.32 Å². The van der Waals surface area contributed by atoms with Gasteiger partial charge in [0.05, 0.1) is 18.1 Å². The first-order valence-corrected chi connectivity index (χ1v) is 8.79. The average molecular weight is 312 g/mol. The van der Waals surface area contributed by atoms with Crippen molar-refractivity contribution in [1.29, 1.82) is 0 Å². The van der Waals surface area contributed by atoms with Gasteiger partial charge in [-0.1, -0.05) is 12.1 Å². The first-order valence-electron chi connectivity index (χ1n) is 6.97. The lowest BCUT2D eigenvalue weighted by Gasteiger charge is -2.35. The van der Waals surface area contributed by atoms with Crippen LogP contribution in [0.5, 0.6) is 0 Å². The Morgan fingerprint density at radius 2 is 1.95 bits per heavy atom. The van der Waals surface area contributed by atoms with Crippen molar-refractivity contribution in [2.45, 2.75) is 25.0 Å². The van der Waals surface area contributed by atoms with Gasteiger partial charge >= 0.3 is 0 Å². The fourth-order valence-corrected chi connectivity index (χ4v) is 4.76. The first-order chi connectivity index (χ1) is 9.96. The Bertz CT molecular complexity index is 645. The molecule has 2 aliphatic heterocycles. The van der Waals surface area contributed by atoms with E-state index in [-0.39, 0.29) is 42.0 Å². The molecule has 2 atom stereocenters. The molecule has 2 saturated heterocycles. The molecule has 0 spiro atoms. The van der Waals surface area contributed by atoms with Crippen molar-refractivity contribution in [3.63, 3.8) is 0 Å². The van der Waals surface area contributed by atoms with Crippen molar-refractivity contribution in [3.05, 3.63) is 35.6 Å². The number of rotatable bonds is 2. The van der Waals surface area contributed by atoms with Gasteiger partial charge in [0.1, 0.15) is 12.0 Å². The highest BCUT2D eigenvalue weighted by atomic mass is 32.2. The monoisotopic (exact) mass is 312 g/mol. The highest BCUT2D eigenvalue weighted by Gasteiger charge is 2.40. The summed E-state index contributed by atoms with van der Waals surface area (Å²) in [6, 6.07) is 5.62. The van der Waals surface area contributed by atoms with E-state index in [1.54, 1.807) is 17.0 Å². The summed E-state index contributed by atoms with van der Waals surface area (Å²) in [4.78, 5) is 13.7. The lowest BCUT2D eigenvalue weighted by molar-refractivity contribution is -0.130. The zero-order valence-electron chi connectivity index (χ0n) is 11.5. The van der Waals surface area contributed by atoms with Crippen molar-refractivity contribution in [2.75, 3.05) is 18.1 Å². The molecule has 7 heteroatoms. The van der Waals surface area contributed by atoms with Crippen LogP contribution in [0.1, 0.15) is 24.6 Å². The number of nitrogens with zero attached hydrogens (tertiary/aromatic N) is 1. The van der Waals surface area contributed by atoms with E-state index in [0.29, 0.717) is 12.8 Å². The van der Waals surface area contributed by atoms with Gasteiger partial charge in [-0.2, -0.15) is 0 Å². The zero-order valence-corrected chi connectivity index (χ0v) is 12.3. The molecule has 2 heterocycles. The number of hydrogen-bond donors (Lipinski definition) is 1. The van der Waals surface area contributed by atoms with Crippen molar-refractivity contribution < 1.29 is 17.6 Å². The number of amides is 1. The summed E-state index contributed by atoms with van der Waals surface area (Å²) >= 11 is 0. The minimum absolute atomic E-state index is 0.0120. The molecule has 2 fully saturated rings. The fraction of sp³-hybridized carbons (Fsp3) is 0.500. The number of benzene rings is 1. The van der Waals surface area contributed by atoms with E-state index in [9.17, 15) is 17.6 Å². The fourth-order valence-electron chi connectivity index (χ4n) is 3.07. The largest absolute Gasteiger partial charge is 0.318 e. The summed E-state index contributed by atoms with van der Waals surface area (Å²) in [5, 5.41) is 3.08. The number of carbonyl (C=O) groups excluding carboxylic acids is 1. The molecule has 0 bridgehead atoms. The summed E-state index contributed by atoms with van der Waals surface area (Å²) in [6.45, 7) is 0.179. The third-order valence-electron chi connectivity index (χ3n) is 4.03. The van der Waals surface area contributed by atoms with Crippen LogP contribution in [0.4, 0.5) is 4.39 Å². The molecule has 0 saturated carbocycles. The topological polar surface area (TPSA) is 66.5 Å². The lowest BCUT2D eigenvalue weighted by atomic mass is 10.1. The van der Waals surface area contributed by atoms with E-state index >= 15 is 0 Å². The number of carbonyl (C=O) groups is 1. The molecule has 114 valence electrons. The Morgan fingerprint density at radius 1 is 1.24 bits per heavy atom. The van der Waals surface area contributed by atoms with Gasteiger partial charge in [-0.15, -0.1) is 0 Å². The lowest BCUT2D eigenvalue weighted by Crippen LogP contribution is -2.46. The van der Waals surface area contributed by atoms with Crippen LogP contribution in [0, 0.1) is 5.82 Å².